The molecule has 54 heavy (non-hydrogen) atoms. The van der Waals surface area contributed by atoms with Gasteiger partial charge in [0.25, 0.3) is 11.8 Å². The number of hydrogen-bond donors (Lipinski definition) is 4. The third-order valence-electron chi connectivity index (χ3n) is 10.7. The summed E-state index contributed by atoms with van der Waals surface area (Å²) in [6.07, 6.45) is 0.788. The number of aromatic nitrogens is 2. The van der Waals surface area contributed by atoms with E-state index >= 15 is 8.78 Å². The van der Waals surface area contributed by atoms with Gasteiger partial charge in [0, 0.05) is 51.0 Å². The van der Waals surface area contributed by atoms with Crippen LogP contribution in [0.1, 0.15) is 68.4 Å². The van der Waals surface area contributed by atoms with E-state index < -0.39 is 75.8 Å². The summed E-state index contributed by atoms with van der Waals surface area (Å²) in [5.41, 5.74) is -4.39. The molecule has 0 bridgehead atoms. The maximum absolute atomic E-state index is 15.1. The van der Waals surface area contributed by atoms with Crippen LogP contribution in [0.2, 0.25) is 0 Å². The average Bonchev–Trinajstić information content (AvgIpc) is 3.51. The molecule has 0 aliphatic heterocycles. The van der Waals surface area contributed by atoms with Gasteiger partial charge in [-0.25, -0.2) is 17.6 Å². The minimum absolute atomic E-state index is 0.157. The molecule has 4 N–H and O–H groups in total. The molecule has 6 aromatic rings. The number of aromatic hydroxyl groups is 2. The van der Waals surface area contributed by atoms with Crippen LogP contribution < -0.4 is 0 Å². The van der Waals surface area contributed by atoms with Crippen LogP contribution in [0.15, 0.2) is 72.8 Å². The number of aliphatic carboxylic acids is 2. The van der Waals surface area contributed by atoms with E-state index in [9.17, 15) is 48.4 Å². The van der Waals surface area contributed by atoms with Crippen LogP contribution in [-0.4, -0.2) is 53.3 Å². The Labute approximate surface area is 303 Å². The van der Waals surface area contributed by atoms with E-state index in [1.54, 1.807) is 0 Å². The standard InChI is InChI=1S/C40H30F4N2O8/c1-18-33(25-14-31(47)27(43)16-29(25)45(18)36(49)20-6-3-10-23(41)12-20)35(38(51)52)40(39(53)54,22-8-5-9-22)34-19(2)46(30-17-28(44)32(48)15-26(30)34)37(50)21-7-4-11-24(42)13-21/h3-4,6-7,10-17,22,35,47-48H,5,8-9H2,1-2H3,(H,51,52)(H,53,54). The van der Waals surface area contributed by atoms with Gasteiger partial charge in [0.05, 0.1) is 11.0 Å². The first kappa shape index (κ1) is 35.9. The van der Waals surface area contributed by atoms with Crippen molar-refractivity contribution in [2.45, 2.75) is 44.4 Å². The van der Waals surface area contributed by atoms with Crippen molar-refractivity contribution < 1.29 is 57.2 Å². The molecule has 0 amide bonds. The van der Waals surface area contributed by atoms with Crippen LogP contribution in [0.4, 0.5) is 17.6 Å². The lowest BCUT2D eigenvalue weighted by molar-refractivity contribution is -0.157. The van der Waals surface area contributed by atoms with Gasteiger partial charge < -0.3 is 20.4 Å². The molecule has 0 spiro atoms. The molecule has 2 unspecified atom stereocenters. The number of carboxylic acid groups (broad SMARTS) is 2. The third-order valence-corrected chi connectivity index (χ3v) is 10.7. The number of carbonyl (C=O) groups excluding carboxylic acids is 2. The number of hydrogen-bond acceptors (Lipinski definition) is 6. The SMILES string of the molecule is Cc1c(C(C(=O)O)C(C(=O)O)(c2c(C)n(C(=O)c3cccc(F)c3)c3cc(F)c(O)cc23)C2CCC2)c2cc(O)c(F)cc2n1C(=O)c1cccc(F)c1. The number of benzene rings is 4. The average molecular weight is 743 g/mol. The number of fused-ring (bicyclic) bond motifs is 2. The molecule has 1 saturated carbocycles. The fraction of sp³-hybridized carbons (Fsp3) is 0.200. The number of rotatable bonds is 8. The topological polar surface area (TPSA) is 159 Å². The number of phenols is 2. The molecule has 276 valence electrons. The van der Waals surface area contributed by atoms with Crippen LogP contribution in [-0.2, 0) is 15.0 Å². The summed E-state index contributed by atoms with van der Waals surface area (Å²) in [4.78, 5) is 56.3. The molecular weight excluding hydrogens is 712 g/mol. The lowest BCUT2D eigenvalue weighted by Gasteiger charge is -2.46. The van der Waals surface area contributed by atoms with Crippen molar-refractivity contribution in [2.24, 2.45) is 5.92 Å². The van der Waals surface area contributed by atoms with E-state index in [1.165, 1.54) is 38.1 Å². The molecule has 4 aromatic carbocycles. The van der Waals surface area contributed by atoms with Gasteiger partial charge in [-0.3, -0.25) is 28.3 Å². The van der Waals surface area contributed by atoms with Gasteiger partial charge >= 0.3 is 11.9 Å². The van der Waals surface area contributed by atoms with Crippen molar-refractivity contribution in [3.63, 3.8) is 0 Å². The summed E-state index contributed by atoms with van der Waals surface area (Å²) < 4.78 is 60.7. The number of halogens is 4. The van der Waals surface area contributed by atoms with Crippen molar-refractivity contribution in [1.82, 2.24) is 9.13 Å². The maximum atomic E-state index is 15.1. The van der Waals surface area contributed by atoms with E-state index in [0.29, 0.717) is 6.42 Å². The fourth-order valence-corrected chi connectivity index (χ4v) is 8.18. The van der Waals surface area contributed by atoms with Crippen molar-refractivity contribution in [1.29, 1.82) is 0 Å². The summed E-state index contributed by atoms with van der Waals surface area (Å²) in [7, 11) is 0. The van der Waals surface area contributed by atoms with Gasteiger partial charge in [0.1, 0.15) is 23.0 Å². The second-order valence-corrected chi connectivity index (χ2v) is 13.5. The molecule has 1 aliphatic carbocycles. The highest BCUT2D eigenvalue weighted by atomic mass is 19.1. The summed E-state index contributed by atoms with van der Waals surface area (Å²) in [5.74, 6) is -14.2. The van der Waals surface area contributed by atoms with Crippen molar-refractivity contribution in [3.05, 3.63) is 130 Å². The van der Waals surface area contributed by atoms with Gasteiger partial charge in [-0.1, -0.05) is 18.6 Å². The van der Waals surface area contributed by atoms with E-state index in [1.807, 2.05) is 0 Å². The quantitative estimate of drug-likeness (QED) is 0.116. The lowest BCUT2D eigenvalue weighted by atomic mass is 9.54. The van der Waals surface area contributed by atoms with Crippen LogP contribution in [0.3, 0.4) is 0 Å². The molecule has 2 atom stereocenters. The highest BCUT2D eigenvalue weighted by Crippen LogP contribution is 2.57. The molecule has 1 aliphatic rings. The maximum Gasteiger partial charge on any atom is 0.315 e. The molecule has 10 nitrogen and oxygen atoms in total. The van der Waals surface area contributed by atoms with Crippen LogP contribution in [0.5, 0.6) is 11.5 Å². The molecule has 1 fully saturated rings. The van der Waals surface area contributed by atoms with Crippen LogP contribution in [0, 0.1) is 43.0 Å². The first-order valence-electron chi connectivity index (χ1n) is 16.7. The monoisotopic (exact) mass is 742 g/mol. The predicted molar refractivity (Wildman–Crippen MR) is 186 cm³/mol. The second kappa shape index (κ2) is 12.9. The Morgan fingerprint density at radius 1 is 0.704 bits per heavy atom. The minimum Gasteiger partial charge on any atom is -0.505 e. The number of phenolic OH excluding ortho intramolecular Hbond substituents is 2. The molecule has 2 heterocycles. The Morgan fingerprint density at radius 3 is 1.63 bits per heavy atom. The summed E-state index contributed by atoms with van der Waals surface area (Å²) in [6.45, 7) is 2.62. The fourth-order valence-electron chi connectivity index (χ4n) is 8.18. The number of carboxylic acids is 2. The lowest BCUT2D eigenvalue weighted by Crippen LogP contribution is -2.53. The summed E-state index contributed by atoms with van der Waals surface area (Å²) in [5, 5.41) is 43.6. The van der Waals surface area contributed by atoms with Gasteiger partial charge in [0.15, 0.2) is 23.1 Å². The highest BCUT2D eigenvalue weighted by molar-refractivity contribution is 6.09. The Hall–Kier alpha value is -6.44. The van der Waals surface area contributed by atoms with Gasteiger partial charge in [-0.05, 0) is 86.7 Å². The predicted octanol–water partition coefficient (Wildman–Crippen LogP) is 7.55. The van der Waals surface area contributed by atoms with E-state index in [-0.39, 0.29) is 68.3 Å². The van der Waals surface area contributed by atoms with E-state index in [2.05, 4.69) is 0 Å². The number of carbonyl (C=O) groups is 4. The molecule has 7 rings (SSSR count). The van der Waals surface area contributed by atoms with Crippen molar-refractivity contribution in [2.75, 3.05) is 0 Å². The summed E-state index contributed by atoms with van der Waals surface area (Å²) >= 11 is 0. The smallest absolute Gasteiger partial charge is 0.315 e. The Balaban J connectivity index is 1.62. The van der Waals surface area contributed by atoms with E-state index in [0.717, 1.165) is 57.7 Å². The Bertz CT molecular complexity index is 2610. The van der Waals surface area contributed by atoms with Crippen molar-refractivity contribution >= 4 is 45.6 Å². The summed E-state index contributed by atoms with van der Waals surface area (Å²) in [6, 6.07) is 12.4. The largest absolute Gasteiger partial charge is 0.505 e. The molecule has 2 aromatic heterocycles. The van der Waals surface area contributed by atoms with Gasteiger partial charge in [-0.15, -0.1) is 0 Å². The highest BCUT2D eigenvalue weighted by Gasteiger charge is 2.61. The van der Waals surface area contributed by atoms with Gasteiger partial charge in [-0.2, -0.15) is 0 Å². The Kier molecular flexibility index (Phi) is 8.58. The second-order valence-electron chi connectivity index (χ2n) is 13.5. The zero-order valence-electron chi connectivity index (χ0n) is 28.5. The van der Waals surface area contributed by atoms with Crippen LogP contribution >= 0.6 is 0 Å². The molecule has 0 saturated heterocycles. The van der Waals surface area contributed by atoms with E-state index in [4.69, 9.17) is 0 Å². The number of nitrogens with zero attached hydrogens (tertiary/aromatic N) is 2. The van der Waals surface area contributed by atoms with Crippen LogP contribution in [0.25, 0.3) is 21.8 Å². The zero-order valence-corrected chi connectivity index (χ0v) is 28.5. The molecule has 0 radical (unpaired) electrons. The first-order chi connectivity index (χ1) is 25.6. The third kappa shape index (κ3) is 5.23. The Morgan fingerprint density at radius 2 is 1.19 bits per heavy atom. The normalized spacial score (nSPS) is 14.9. The molecular formula is C40H30F4N2O8. The van der Waals surface area contributed by atoms with Crippen molar-refractivity contribution in [3.8, 4) is 11.5 Å². The first-order valence-corrected chi connectivity index (χ1v) is 16.7. The zero-order chi connectivity index (χ0) is 39.0. The minimum atomic E-state index is -2.56. The molecule has 14 heteroatoms. The van der Waals surface area contributed by atoms with Gasteiger partial charge in [0.2, 0.25) is 0 Å².